The quantitative estimate of drug-likeness (QED) is 0.555. The Kier molecular flexibility index (Phi) is 4.13. The van der Waals surface area contributed by atoms with Crippen molar-refractivity contribution in [2.45, 2.75) is 6.42 Å². The van der Waals surface area contributed by atoms with Crippen molar-refractivity contribution in [2.24, 2.45) is 0 Å². The van der Waals surface area contributed by atoms with Gasteiger partial charge in [0.15, 0.2) is 0 Å². The molecule has 0 aliphatic heterocycles. The van der Waals surface area contributed by atoms with E-state index >= 15 is 0 Å². The van der Waals surface area contributed by atoms with E-state index in [9.17, 15) is 8.78 Å². The number of aromatic amines is 1. The minimum Gasteiger partial charge on any atom is -0.494 e. The van der Waals surface area contributed by atoms with Crippen LogP contribution in [0.1, 0.15) is 11.1 Å². The van der Waals surface area contributed by atoms with Crippen molar-refractivity contribution in [3.63, 3.8) is 0 Å². The molecule has 130 valence electrons. The third kappa shape index (κ3) is 2.81. The van der Waals surface area contributed by atoms with Crippen molar-refractivity contribution in [1.82, 2.24) is 9.97 Å². The number of halogens is 2. The van der Waals surface area contributed by atoms with E-state index in [-0.39, 0.29) is 11.4 Å². The van der Waals surface area contributed by atoms with Gasteiger partial charge >= 0.3 is 0 Å². The molecule has 26 heavy (non-hydrogen) atoms. The van der Waals surface area contributed by atoms with Crippen molar-refractivity contribution in [2.75, 3.05) is 7.11 Å². The summed E-state index contributed by atoms with van der Waals surface area (Å²) < 4.78 is 33.7. The normalized spacial score (nSPS) is 11.0. The average Bonchev–Trinajstić information content (AvgIpc) is 3.06. The molecule has 3 aromatic carbocycles. The van der Waals surface area contributed by atoms with Crippen molar-refractivity contribution in [1.29, 1.82) is 0 Å². The first-order valence-electron chi connectivity index (χ1n) is 8.21. The van der Waals surface area contributed by atoms with Gasteiger partial charge in [0.1, 0.15) is 28.7 Å². The number of benzene rings is 3. The van der Waals surface area contributed by atoms with Crippen LogP contribution >= 0.6 is 0 Å². The van der Waals surface area contributed by atoms with E-state index in [0.29, 0.717) is 23.2 Å². The molecule has 0 saturated heterocycles. The van der Waals surface area contributed by atoms with Crippen LogP contribution in [-0.4, -0.2) is 17.1 Å². The second kappa shape index (κ2) is 6.59. The number of aromatic nitrogens is 2. The standard InChI is InChI=1S/C21H16F2N2O/c1-26-20-14(12-13-6-3-2-4-7-13)10-11-17-19(20)25-21(24-17)18-15(22)8-5-9-16(18)23/h2-11H,12H2,1H3,(H,24,25). The first-order chi connectivity index (χ1) is 12.7. The van der Waals surface area contributed by atoms with Crippen molar-refractivity contribution in [3.05, 3.63) is 83.4 Å². The number of H-pyrrole nitrogens is 1. The highest BCUT2D eigenvalue weighted by Crippen LogP contribution is 2.33. The van der Waals surface area contributed by atoms with Crippen LogP contribution in [0.4, 0.5) is 8.78 Å². The smallest absolute Gasteiger partial charge is 0.150 e. The molecule has 0 bridgehead atoms. The third-order valence-corrected chi connectivity index (χ3v) is 4.33. The van der Waals surface area contributed by atoms with Gasteiger partial charge in [-0.3, -0.25) is 0 Å². The van der Waals surface area contributed by atoms with Crippen LogP contribution in [-0.2, 0) is 6.42 Å². The number of fused-ring (bicyclic) bond motifs is 1. The minimum atomic E-state index is -0.660. The van der Waals surface area contributed by atoms with E-state index in [1.54, 1.807) is 7.11 Å². The van der Waals surface area contributed by atoms with Gasteiger partial charge in [-0.1, -0.05) is 42.5 Å². The molecular weight excluding hydrogens is 334 g/mol. The molecule has 3 nitrogen and oxygen atoms in total. The van der Waals surface area contributed by atoms with Gasteiger partial charge < -0.3 is 9.72 Å². The zero-order chi connectivity index (χ0) is 18.1. The highest BCUT2D eigenvalue weighted by atomic mass is 19.1. The molecule has 0 fully saturated rings. The summed E-state index contributed by atoms with van der Waals surface area (Å²) >= 11 is 0. The summed E-state index contributed by atoms with van der Waals surface area (Å²) in [6, 6.07) is 17.5. The van der Waals surface area contributed by atoms with E-state index in [2.05, 4.69) is 9.97 Å². The summed E-state index contributed by atoms with van der Waals surface area (Å²) in [5.74, 6) is -0.573. The van der Waals surface area contributed by atoms with Gasteiger partial charge in [-0.25, -0.2) is 13.8 Å². The van der Waals surface area contributed by atoms with Crippen LogP contribution in [0.15, 0.2) is 60.7 Å². The van der Waals surface area contributed by atoms with Crippen molar-refractivity contribution < 1.29 is 13.5 Å². The van der Waals surface area contributed by atoms with Gasteiger partial charge in [0.05, 0.1) is 18.2 Å². The Morgan fingerprint density at radius 3 is 2.35 bits per heavy atom. The molecular formula is C21H16F2N2O. The number of rotatable bonds is 4. The fourth-order valence-corrected chi connectivity index (χ4v) is 3.12. The molecule has 1 aromatic heterocycles. The lowest BCUT2D eigenvalue weighted by molar-refractivity contribution is 0.415. The van der Waals surface area contributed by atoms with Gasteiger partial charge in [-0.15, -0.1) is 0 Å². The Hall–Kier alpha value is -3.21. The Labute approximate surface area is 149 Å². The Morgan fingerprint density at radius 2 is 1.65 bits per heavy atom. The van der Waals surface area contributed by atoms with Crippen molar-refractivity contribution >= 4 is 11.0 Å². The zero-order valence-electron chi connectivity index (χ0n) is 14.1. The van der Waals surface area contributed by atoms with Crippen molar-refractivity contribution in [3.8, 4) is 17.1 Å². The summed E-state index contributed by atoms with van der Waals surface area (Å²) in [6.07, 6.45) is 0.677. The van der Waals surface area contributed by atoms with Crippen LogP contribution in [0.2, 0.25) is 0 Å². The van der Waals surface area contributed by atoms with E-state index in [1.807, 2.05) is 42.5 Å². The van der Waals surface area contributed by atoms with Gasteiger partial charge in [0.25, 0.3) is 0 Å². The fourth-order valence-electron chi connectivity index (χ4n) is 3.12. The molecule has 0 radical (unpaired) electrons. The monoisotopic (exact) mass is 350 g/mol. The van der Waals surface area contributed by atoms with E-state index in [4.69, 9.17) is 4.74 Å². The minimum absolute atomic E-state index is 0.144. The maximum absolute atomic E-state index is 14.1. The summed E-state index contributed by atoms with van der Waals surface area (Å²) in [6.45, 7) is 0. The number of hydrogen-bond acceptors (Lipinski definition) is 2. The molecule has 0 unspecified atom stereocenters. The van der Waals surface area contributed by atoms with Crippen LogP contribution in [0.3, 0.4) is 0 Å². The molecule has 0 atom stereocenters. The van der Waals surface area contributed by atoms with Gasteiger partial charge in [-0.05, 0) is 23.8 Å². The zero-order valence-corrected chi connectivity index (χ0v) is 14.1. The van der Waals surface area contributed by atoms with E-state index in [0.717, 1.165) is 11.1 Å². The summed E-state index contributed by atoms with van der Waals surface area (Å²) in [7, 11) is 1.57. The molecule has 4 aromatic rings. The molecule has 0 amide bonds. The maximum Gasteiger partial charge on any atom is 0.150 e. The summed E-state index contributed by atoms with van der Waals surface area (Å²) in [5.41, 5.74) is 3.14. The molecule has 0 saturated carbocycles. The van der Waals surface area contributed by atoms with Gasteiger partial charge in [0, 0.05) is 12.0 Å². The molecule has 5 heteroatoms. The third-order valence-electron chi connectivity index (χ3n) is 4.33. The van der Waals surface area contributed by atoms with Crippen LogP contribution in [0.25, 0.3) is 22.4 Å². The first kappa shape index (κ1) is 16.3. The lowest BCUT2D eigenvalue weighted by atomic mass is 10.0. The second-order valence-electron chi connectivity index (χ2n) is 6.00. The van der Waals surface area contributed by atoms with Gasteiger partial charge in [-0.2, -0.15) is 0 Å². The van der Waals surface area contributed by atoms with E-state index in [1.165, 1.54) is 18.2 Å². The summed E-state index contributed by atoms with van der Waals surface area (Å²) in [5, 5.41) is 0. The van der Waals surface area contributed by atoms with Crippen LogP contribution in [0.5, 0.6) is 5.75 Å². The Morgan fingerprint density at radius 1 is 0.923 bits per heavy atom. The molecule has 0 spiro atoms. The average molecular weight is 350 g/mol. The lowest BCUT2D eigenvalue weighted by Gasteiger charge is -2.09. The first-order valence-corrected chi connectivity index (χ1v) is 8.21. The highest BCUT2D eigenvalue weighted by Gasteiger charge is 2.18. The van der Waals surface area contributed by atoms with Gasteiger partial charge in [0.2, 0.25) is 0 Å². The largest absolute Gasteiger partial charge is 0.494 e. The van der Waals surface area contributed by atoms with E-state index < -0.39 is 11.6 Å². The predicted molar refractivity (Wildman–Crippen MR) is 97.2 cm³/mol. The van der Waals surface area contributed by atoms with Crippen LogP contribution in [0, 0.1) is 11.6 Å². The van der Waals surface area contributed by atoms with Crippen LogP contribution < -0.4 is 4.74 Å². The Balaban J connectivity index is 1.84. The molecule has 0 aliphatic carbocycles. The molecule has 1 heterocycles. The molecule has 0 aliphatic rings. The number of hydrogen-bond donors (Lipinski definition) is 1. The Bertz CT molecular complexity index is 1050. The lowest BCUT2D eigenvalue weighted by Crippen LogP contribution is -1.95. The number of methoxy groups -OCH3 is 1. The highest BCUT2D eigenvalue weighted by molar-refractivity contribution is 5.86. The molecule has 4 rings (SSSR count). The SMILES string of the molecule is COc1c(Cc2ccccc2)ccc2[nH]c(-c3c(F)cccc3F)nc12. The second-order valence-corrected chi connectivity index (χ2v) is 6.00. The molecule has 1 N–H and O–H groups in total. The number of nitrogens with one attached hydrogen (secondary N) is 1. The summed E-state index contributed by atoms with van der Waals surface area (Å²) in [4.78, 5) is 7.41. The predicted octanol–water partition coefficient (Wildman–Crippen LogP) is 5.11. The fraction of sp³-hybridized carbons (Fsp3) is 0.0952. The number of ether oxygens (including phenoxy) is 1. The topological polar surface area (TPSA) is 37.9 Å². The number of nitrogens with zero attached hydrogens (tertiary/aromatic N) is 1. The maximum atomic E-state index is 14.1. The number of imidazole rings is 1.